The molecule has 1 aromatic carbocycles. The number of carboxylic acid groups (broad SMARTS) is 1. The SMILES string of the molecule is CCCC(C)Nc1ccc(C(=O)O)cc1S(N)(=O)=O. The second kappa shape index (κ2) is 6.03. The summed E-state index contributed by atoms with van der Waals surface area (Å²) in [5.41, 5.74) is 0.214. The summed E-state index contributed by atoms with van der Waals surface area (Å²) in [5, 5.41) is 17.0. The average molecular weight is 286 g/mol. The van der Waals surface area contributed by atoms with Gasteiger partial charge < -0.3 is 10.4 Å². The molecule has 1 unspecified atom stereocenters. The summed E-state index contributed by atoms with van der Waals surface area (Å²) in [6, 6.07) is 3.91. The zero-order valence-electron chi connectivity index (χ0n) is 10.9. The van der Waals surface area contributed by atoms with E-state index in [4.69, 9.17) is 10.2 Å². The number of rotatable bonds is 6. The number of sulfonamides is 1. The second-order valence-corrected chi connectivity index (χ2v) is 5.93. The first kappa shape index (κ1) is 15.5. The molecule has 0 saturated heterocycles. The van der Waals surface area contributed by atoms with Gasteiger partial charge in [0.05, 0.1) is 11.3 Å². The number of nitrogens with two attached hydrogens (primary N) is 1. The van der Waals surface area contributed by atoms with E-state index in [-0.39, 0.29) is 16.5 Å². The Morgan fingerprint density at radius 2 is 2.11 bits per heavy atom. The van der Waals surface area contributed by atoms with E-state index in [1.165, 1.54) is 12.1 Å². The zero-order chi connectivity index (χ0) is 14.6. The van der Waals surface area contributed by atoms with Gasteiger partial charge in [0.2, 0.25) is 10.0 Å². The number of hydrogen-bond acceptors (Lipinski definition) is 4. The maximum atomic E-state index is 11.5. The lowest BCUT2D eigenvalue weighted by molar-refractivity contribution is 0.0696. The van der Waals surface area contributed by atoms with Crippen LogP contribution in [0.1, 0.15) is 37.0 Å². The molecule has 0 aliphatic heterocycles. The van der Waals surface area contributed by atoms with Crippen molar-refractivity contribution in [3.05, 3.63) is 23.8 Å². The third kappa shape index (κ3) is 4.22. The van der Waals surface area contributed by atoms with Crippen LogP contribution in [0.4, 0.5) is 5.69 Å². The predicted octanol–water partition coefficient (Wildman–Crippen LogP) is 1.63. The fourth-order valence-corrected chi connectivity index (χ4v) is 2.51. The minimum Gasteiger partial charge on any atom is -0.478 e. The van der Waals surface area contributed by atoms with E-state index in [9.17, 15) is 13.2 Å². The predicted molar refractivity (Wildman–Crippen MR) is 72.8 cm³/mol. The van der Waals surface area contributed by atoms with Gasteiger partial charge in [-0.15, -0.1) is 0 Å². The number of primary sulfonamides is 1. The fraction of sp³-hybridized carbons (Fsp3) is 0.417. The van der Waals surface area contributed by atoms with Crippen molar-refractivity contribution in [1.29, 1.82) is 0 Å². The Morgan fingerprint density at radius 3 is 2.58 bits per heavy atom. The van der Waals surface area contributed by atoms with E-state index >= 15 is 0 Å². The average Bonchev–Trinajstić information content (AvgIpc) is 2.27. The van der Waals surface area contributed by atoms with Crippen LogP contribution in [0.5, 0.6) is 0 Å². The lowest BCUT2D eigenvalue weighted by Crippen LogP contribution is -2.20. The molecule has 4 N–H and O–H groups in total. The first-order valence-corrected chi connectivity index (χ1v) is 7.47. The van der Waals surface area contributed by atoms with Gasteiger partial charge >= 0.3 is 5.97 Å². The number of carbonyl (C=O) groups is 1. The van der Waals surface area contributed by atoms with Crippen molar-refractivity contribution in [3.8, 4) is 0 Å². The minimum absolute atomic E-state index is 0.0705. The molecular weight excluding hydrogens is 268 g/mol. The molecular formula is C12H18N2O4S. The Kier molecular flexibility index (Phi) is 4.90. The van der Waals surface area contributed by atoms with Crippen LogP contribution in [0.15, 0.2) is 23.1 Å². The van der Waals surface area contributed by atoms with Crippen LogP contribution in [0.3, 0.4) is 0 Å². The number of benzene rings is 1. The highest BCUT2D eigenvalue weighted by molar-refractivity contribution is 7.89. The Hall–Kier alpha value is -1.60. The van der Waals surface area contributed by atoms with Gasteiger partial charge in [-0.2, -0.15) is 0 Å². The topological polar surface area (TPSA) is 109 Å². The minimum atomic E-state index is -3.98. The standard InChI is InChI=1S/C12H18N2O4S/c1-3-4-8(2)14-10-6-5-9(12(15)16)7-11(10)19(13,17)18/h5-8,14H,3-4H2,1-2H3,(H,15,16)(H2,13,17,18). The third-order valence-corrected chi connectivity index (χ3v) is 3.61. The number of aromatic carboxylic acids is 1. The van der Waals surface area contributed by atoms with E-state index in [2.05, 4.69) is 5.32 Å². The normalized spacial score (nSPS) is 13.0. The van der Waals surface area contributed by atoms with Gasteiger partial charge in [0.1, 0.15) is 4.90 Å². The van der Waals surface area contributed by atoms with Crippen LogP contribution in [-0.4, -0.2) is 25.5 Å². The van der Waals surface area contributed by atoms with Crippen LogP contribution >= 0.6 is 0 Å². The Labute approximate surface area is 112 Å². The molecule has 0 radical (unpaired) electrons. The van der Waals surface area contributed by atoms with Crippen LogP contribution in [0.2, 0.25) is 0 Å². The third-order valence-electron chi connectivity index (χ3n) is 2.66. The largest absolute Gasteiger partial charge is 0.478 e. The summed E-state index contributed by atoms with van der Waals surface area (Å²) in [6.07, 6.45) is 1.82. The first-order chi connectivity index (χ1) is 8.75. The van der Waals surface area contributed by atoms with E-state index < -0.39 is 16.0 Å². The van der Waals surface area contributed by atoms with Gasteiger partial charge in [0, 0.05) is 6.04 Å². The summed E-state index contributed by atoms with van der Waals surface area (Å²) >= 11 is 0. The van der Waals surface area contributed by atoms with E-state index in [0.29, 0.717) is 5.69 Å². The maximum absolute atomic E-state index is 11.5. The molecule has 19 heavy (non-hydrogen) atoms. The molecule has 1 atom stereocenters. The van der Waals surface area contributed by atoms with Gasteiger partial charge in [-0.1, -0.05) is 13.3 Å². The van der Waals surface area contributed by atoms with Crippen LogP contribution < -0.4 is 10.5 Å². The van der Waals surface area contributed by atoms with Gasteiger partial charge in [0.25, 0.3) is 0 Å². The molecule has 0 aliphatic carbocycles. The molecule has 0 heterocycles. The molecule has 0 aromatic heterocycles. The maximum Gasteiger partial charge on any atom is 0.335 e. The molecule has 0 fully saturated rings. The van der Waals surface area contributed by atoms with E-state index in [1.807, 2.05) is 13.8 Å². The smallest absolute Gasteiger partial charge is 0.335 e. The molecule has 1 aromatic rings. The lowest BCUT2D eigenvalue weighted by Gasteiger charge is -2.17. The molecule has 0 saturated carbocycles. The lowest BCUT2D eigenvalue weighted by atomic mass is 10.1. The molecule has 0 bridgehead atoms. The molecule has 0 amide bonds. The van der Waals surface area contributed by atoms with Gasteiger partial charge in [-0.05, 0) is 31.5 Å². The number of hydrogen-bond donors (Lipinski definition) is 3. The summed E-state index contributed by atoms with van der Waals surface area (Å²) in [7, 11) is -3.98. The highest BCUT2D eigenvalue weighted by atomic mass is 32.2. The van der Waals surface area contributed by atoms with E-state index in [0.717, 1.165) is 18.9 Å². The summed E-state index contributed by atoms with van der Waals surface area (Å²) in [5.74, 6) is -1.20. The van der Waals surface area contributed by atoms with Gasteiger partial charge in [-0.3, -0.25) is 0 Å². The zero-order valence-corrected chi connectivity index (χ0v) is 11.7. The fourth-order valence-electron chi connectivity index (χ4n) is 1.78. The van der Waals surface area contributed by atoms with Gasteiger partial charge in [-0.25, -0.2) is 18.4 Å². The van der Waals surface area contributed by atoms with Crippen LogP contribution in [-0.2, 0) is 10.0 Å². The molecule has 1 rings (SSSR count). The molecule has 0 aliphatic rings. The van der Waals surface area contributed by atoms with Gasteiger partial charge in [0.15, 0.2) is 0 Å². The van der Waals surface area contributed by atoms with Crippen molar-refractivity contribution in [2.45, 2.75) is 37.6 Å². The number of carboxylic acids is 1. The van der Waals surface area contributed by atoms with Crippen LogP contribution in [0.25, 0.3) is 0 Å². The summed E-state index contributed by atoms with van der Waals surface area (Å²) in [6.45, 7) is 3.94. The van der Waals surface area contributed by atoms with Crippen molar-refractivity contribution < 1.29 is 18.3 Å². The van der Waals surface area contributed by atoms with Crippen molar-refractivity contribution in [3.63, 3.8) is 0 Å². The quantitative estimate of drug-likeness (QED) is 0.736. The molecule has 7 heteroatoms. The first-order valence-electron chi connectivity index (χ1n) is 5.92. The monoisotopic (exact) mass is 286 g/mol. The molecule has 6 nitrogen and oxygen atoms in total. The van der Waals surface area contributed by atoms with E-state index in [1.54, 1.807) is 0 Å². The highest BCUT2D eigenvalue weighted by Gasteiger charge is 2.18. The Bertz CT molecular complexity index is 569. The Balaban J connectivity index is 3.21. The Morgan fingerprint density at radius 1 is 1.47 bits per heavy atom. The molecule has 0 spiro atoms. The number of nitrogens with one attached hydrogen (secondary N) is 1. The molecule has 106 valence electrons. The second-order valence-electron chi connectivity index (χ2n) is 4.40. The van der Waals surface area contributed by atoms with Crippen molar-refractivity contribution in [2.75, 3.05) is 5.32 Å². The van der Waals surface area contributed by atoms with Crippen molar-refractivity contribution in [1.82, 2.24) is 0 Å². The highest BCUT2D eigenvalue weighted by Crippen LogP contribution is 2.23. The van der Waals surface area contributed by atoms with Crippen LogP contribution in [0, 0.1) is 0 Å². The number of anilines is 1. The summed E-state index contributed by atoms with van der Waals surface area (Å²) in [4.78, 5) is 10.7. The van der Waals surface area contributed by atoms with Crippen molar-refractivity contribution >= 4 is 21.7 Å². The van der Waals surface area contributed by atoms with Crippen molar-refractivity contribution in [2.24, 2.45) is 5.14 Å². The summed E-state index contributed by atoms with van der Waals surface area (Å²) < 4.78 is 23.0.